The number of halogens is 1. The van der Waals surface area contributed by atoms with Crippen molar-refractivity contribution in [1.82, 2.24) is 9.97 Å². The van der Waals surface area contributed by atoms with Crippen LogP contribution >= 0.6 is 0 Å². The Balaban J connectivity index is 2.03. The second kappa shape index (κ2) is 10.4. The van der Waals surface area contributed by atoms with Crippen LogP contribution in [0.5, 0.6) is 5.75 Å². The maximum Gasteiger partial charge on any atom is 0.253 e. The second-order valence-electron chi connectivity index (χ2n) is 11.1. The van der Waals surface area contributed by atoms with Crippen molar-refractivity contribution in [2.24, 2.45) is 17.6 Å². The van der Waals surface area contributed by atoms with Gasteiger partial charge >= 0.3 is 0 Å². The molecular weight excluding hydrogens is 521 g/mol. The molecule has 4 N–H and O–H groups in total. The predicted molar refractivity (Wildman–Crippen MR) is 148 cm³/mol. The van der Waals surface area contributed by atoms with Crippen LogP contribution in [0.15, 0.2) is 52.4 Å². The molecular formula is C28H34FN5O4S. The molecule has 4 rings (SSSR count). The average Bonchev–Trinajstić information content (AvgIpc) is 3.13. The van der Waals surface area contributed by atoms with Gasteiger partial charge in [-0.2, -0.15) is 0 Å². The average molecular weight is 556 g/mol. The molecule has 1 saturated heterocycles. The van der Waals surface area contributed by atoms with Crippen molar-refractivity contribution in [3.05, 3.63) is 53.8 Å². The Kier molecular flexibility index (Phi) is 7.57. The molecule has 1 fully saturated rings. The highest BCUT2D eigenvalue weighted by molar-refractivity contribution is 7.91. The van der Waals surface area contributed by atoms with E-state index in [1.165, 1.54) is 36.4 Å². The molecule has 208 valence electrons. The minimum atomic E-state index is -4.40. The van der Waals surface area contributed by atoms with E-state index < -0.39 is 27.1 Å². The van der Waals surface area contributed by atoms with Crippen LogP contribution in [-0.4, -0.2) is 43.0 Å². The summed E-state index contributed by atoms with van der Waals surface area (Å²) in [5.74, 6) is -0.695. The van der Waals surface area contributed by atoms with Crippen molar-refractivity contribution in [2.45, 2.75) is 56.5 Å². The molecule has 3 aromatic rings. The van der Waals surface area contributed by atoms with E-state index in [1.807, 2.05) is 32.6 Å². The second-order valence-corrected chi connectivity index (χ2v) is 13.0. The zero-order valence-electron chi connectivity index (χ0n) is 22.7. The topological polar surface area (TPSA) is 142 Å². The smallest absolute Gasteiger partial charge is 0.253 e. The monoisotopic (exact) mass is 555 g/mol. The Bertz CT molecular complexity index is 1520. The number of hydrogen-bond donors (Lipinski definition) is 2. The van der Waals surface area contributed by atoms with E-state index in [4.69, 9.17) is 21.2 Å². The molecule has 11 heteroatoms. The van der Waals surface area contributed by atoms with Gasteiger partial charge in [0.2, 0.25) is 9.84 Å². The number of carbonyl (C=O) groups excluding carboxylic acids is 1. The molecule has 39 heavy (non-hydrogen) atoms. The van der Waals surface area contributed by atoms with Gasteiger partial charge in [0, 0.05) is 23.7 Å². The molecule has 1 amide bonds. The molecule has 0 spiro atoms. The number of primary amides is 1. The summed E-state index contributed by atoms with van der Waals surface area (Å²) in [6.45, 7) is 10.9. The summed E-state index contributed by atoms with van der Waals surface area (Å²) in [7, 11) is -4.40. The van der Waals surface area contributed by atoms with E-state index in [0.717, 1.165) is 6.42 Å². The number of ether oxygens (including phenoxy) is 1. The third-order valence-electron chi connectivity index (χ3n) is 6.60. The molecule has 3 heterocycles. The standard InChI is InChI=1S/C28H34FN5O4S/c1-16(2)15-38-20-10-18(9-19(29)11-20)21-12-22(39(36,37)24-8-6-7-23(30)33-24)25(26(31)35)27(32-21)34-14-17(3)13-28(34,4)5/h6-12,16-17H,13-15H2,1-5H3,(H2,30,33)(H2,31,35)/t17-/m0/s1. The van der Waals surface area contributed by atoms with Crippen LogP contribution in [-0.2, 0) is 9.84 Å². The van der Waals surface area contributed by atoms with Crippen molar-refractivity contribution in [3.63, 3.8) is 0 Å². The van der Waals surface area contributed by atoms with Crippen LogP contribution in [0.2, 0.25) is 0 Å². The van der Waals surface area contributed by atoms with Gasteiger partial charge in [-0.25, -0.2) is 22.8 Å². The summed E-state index contributed by atoms with van der Waals surface area (Å²) < 4.78 is 48.3. The molecule has 1 atom stereocenters. The highest BCUT2D eigenvalue weighted by atomic mass is 32.2. The summed E-state index contributed by atoms with van der Waals surface area (Å²) >= 11 is 0. The van der Waals surface area contributed by atoms with Crippen LogP contribution in [0.4, 0.5) is 16.0 Å². The first-order valence-electron chi connectivity index (χ1n) is 12.7. The van der Waals surface area contributed by atoms with Gasteiger partial charge < -0.3 is 21.1 Å². The quantitative estimate of drug-likeness (QED) is 0.415. The van der Waals surface area contributed by atoms with Crippen molar-refractivity contribution in [3.8, 4) is 17.0 Å². The van der Waals surface area contributed by atoms with E-state index in [9.17, 15) is 17.6 Å². The molecule has 9 nitrogen and oxygen atoms in total. The summed E-state index contributed by atoms with van der Waals surface area (Å²) in [6, 6.07) is 9.52. The zero-order valence-corrected chi connectivity index (χ0v) is 23.5. The normalized spacial score (nSPS) is 17.0. The lowest BCUT2D eigenvalue weighted by atomic mass is 9.97. The molecule has 0 radical (unpaired) electrons. The Morgan fingerprint density at radius 3 is 2.51 bits per heavy atom. The Morgan fingerprint density at radius 2 is 1.92 bits per heavy atom. The molecule has 1 aliphatic rings. The van der Waals surface area contributed by atoms with Gasteiger partial charge in [0.15, 0.2) is 5.03 Å². The fourth-order valence-corrected chi connectivity index (χ4v) is 6.44. The molecule has 0 saturated carbocycles. The van der Waals surface area contributed by atoms with Gasteiger partial charge in [0.05, 0.1) is 17.2 Å². The minimum Gasteiger partial charge on any atom is -0.493 e. The fraction of sp³-hybridized carbons (Fsp3) is 0.393. The number of rotatable bonds is 8. The number of carbonyl (C=O) groups is 1. The Labute approximate surface area is 228 Å². The van der Waals surface area contributed by atoms with Crippen molar-refractivity contribution in [2.75, 3.05) is 23.8 Å². The number of amides is 1. The van der Waals surface area contributed by atoms with E-state index in [2.05, 4.69) is 11.9 Å². The minimum absolute atomic E-state index is 0.00206. The lowest BCUT2D eigenvalue weighted by molar-refractivity contribution is 0.0997. The number of anilines is 2. The van der Waals surface area contributed by atoms with Gasteiger partial charge in [-0.05, 0) is 62.4 Å². The summed E-state index contributed by atoms with van der Waals surface area (Å²) in [6.07, 6.45) is 0.781. The maximum atomic E-state index is 14.7. The number of nitrogens with zero attached hydrogens (tertiary/aromatic N) is 3. The van der Waals surface area contributed by atoms with E-state index in [0.29, 0.717) is 13.2 Å². The van der Waals surface area contributed by atoms with Gasteiger partial charge in [-0.1, -0.05) is 26.8 Å². The van der Waals surface area contributed by atoms with Gasteiger partial charge in [0.1, 0.15) is 28.8 Å². The van der Waals surface area contributed by atoms with Crippen LogP contribution in [0, 0.1) is 17.7 Å². The largest absolute Gasteiger partial charge is 0.493 e. The molecule has 0 aliphatic carbocycles. The number of nitrogens with two attached hydrogens (primary N) is 2. The summed E-state index contributed by atoms with van der Waals surface area (Å²) in [5, 5.41) is -0.345. The lowest BCUT2D eigenvalue weighted by Crippen LogP contribution is -2.40. The number of aromatic nitrogens is 2. The molecule has 0 bridgehead atoms. The van der Waals surface area contributed by atoms with E-state index >= 15 is 0 Å². The van der Waals surface area contributed by atoms with Crippen LogP contribution < -0.4 is 21.1 Å². The molecule has 1 aromatic carbocycles. The van der Waals surface area contributed by atoms with Gasteiger partial charge in [-0.3, -0.25) is 4.79 Å². The molecule has 0 unspecified atom stereocenters. The van der Waals surface area contributed by atoms with Crippen molar-refractivity contribution < 1.29 is 22.3 Å². The first-order chi connectivity index (χ1) is 18.2. The third kappa shape index (κ3) is 5.83. The first kappa shape index (κ1) is 28.3. The SMILES string of the molecule is CC(C)COc1cc(F)cc(-c2cc(S(=O)(=O)c3cccc(N)n3)c(C(N)=O)c(N3C[C@@H](C)CC3(C)C)n2)c1. The lowest BCUT2D eigenvalue weighted by Gasteiger charge is -2.34. The number of benzene rings is 1. The van der Waals surface area contributed by atoms with E-state index in [1.54, 1.807) is 6.07 Å². The third-order valence-corrected chi connectivity index (χ3v) is 8.28. The first-order valence-corrected chi connectivity index (χ1v) is 14.2. The number of pyridine rings is 2. The van der Waals surface area contributed by atoms with Crippen LogP contribution in [0.3, 0.4) is 0 Å². The Morgan fingerprint density at radius 1 is 1.21 bits per heavy atom. The maximum absolute atomic E-state index is 14.7. The fourth-order valence-electron chi connectivity index (χ4n) is 5.00. The van der Waals surface area contributed by atoms with Crippen LogP contribution in [0.1, 0.15) is 51.4 Å². The molecule has 1 aliphatic heterocycles. The highest BCUT2D eigenvalue weighted by Gasteiger charge is 2.41. The number of hydrogen-bond acceptors (Lipinski definition) is 8. The van der Waals surface area contributed by atoms with Gasteiger partial charge in [-0.15, -0.1) is 0 Å². The highest BCUT2D eigenvalue weighted by Crippen LogP contribution is 2.41. The van der Waals surface area contributed by atoms with Crippen molar-refractivity contribution >= 4 is 27.4 Å². The summed E-state index contributed by atoms with van der Waals surface area (Å²) in [4.78, 5) is 23.1. The van der Waals surface area contributed by atoms with Gasteiger partial charge in [0.25, 0.3) is 5.91 Å². The predicted octanol–water partition coefficient (Wildman–Crippen LogP) is 4.46. The zero-order chi connectivity index (χ0) is 28.7. The van der Waals surface area contributed by atoms with E-state index in [-0.39, 0.29) is 56.0 Å². The summed E-state index contributed by atoms with van der Waals surface area (Å²) in [5.41, 5.74) is 11.3. The number of sulfone groups is 1. The Hall–Kier alpha value is -3.73. The number of nitrogen functional groups attached to an aromatic ring is 1. The molecule has 2 aromatic heterocycles. The van der Waals surface area contributed by atoms with Crippen LogP contribution in [0.25, 0.3) is 11.3 Å². The van der Waals surface area contributed by atoms with Crippen molar-refractivity contribution in [1.29, 1.82) is 0 Å².